The zero-order valence-electron chi connectivity index (χ0n) is 11.0. The molecule has 2 N–H and O–H groups in total. The molecular weight excluding hydrogens is 267 g/mol. The van der Waals surface area contributed by atoms with Gasteiger partial charge in [-0.2, -0.15) is 0 Å². The summed E-state index contributed by atoms with van der Waals surface area (Å²) in [5.74, 6) is -0.428. The number of carbonyl (C=O) groups excluding carboxylic acids is 1. The summed E-state index contributed by atoms with van der Waals surface area (Å²) in [5, 5.41) is 6.30. The third-order valence-electron chi connectivity index (χ3n) is 3.42. The van der Waals surface area contributed by atoms with Gasteiger partial charge in [-0.25, -0.2) is 4.39 Å². The van der Waals surface area contributed by atoms with E-state index in [-0.39, 0.29) is 42.6 Å². The molecule has 1 aliphatic rings. The van der Waals surface area contributed by atoms with Gasteiger partial charge >= 0.3 is 0 Å². The van der Waals surface area contributed by atoms with Crippen molar-refractivity contribution in [2.45, 2.75) is 38.3 Å². The maximum absolute atomic E-state index is 13.4. The minimum Gasteiger partial charge on any atom is -0.352 e. The summed E-state index contributed by atoms with van der Waals surface area (Å²) in [6.07, 6.45) is 2.15. The van der Waals surface area contributed by atoms with Crippen LogP contribution >= 0.6 is 12.4 Å². The Kier molecular flexibility index (Phi) is 6.25. The molecule has 0 saturated carbocycles. The Morgan fingerprint density at radius 3 is 2.89 bits per heavy atom. The van der Waals surface area contributed by atoms with E-state index in [9.17, 15) is 9.18 Å². The maximum Gasteiger partial charge on any atom is 0.224 e. The smallest absolute Gasteiger partial charge is 0.224 e. The molecule has 3 nitrogen and oxygen atoms in total. The molecule has 1 amide bonds. The Morgan fingerprint density at radius 2 is 2.21 bits per heavy atom. The third-order valence-corrected chi connectivity index (χ3v) is 3.42. The fourth-order valence-corrected chi connectivity index (χ4v) is 2.31. The number of carbonyl (C=O) groups is 1. The van der Waals surface area contributed by atoms with Crippen LogP contribution < -0.4 is 10.6 Å². The zero-order chi connectivity index (χ0) is 13.0. The summed E-state index contributed by atoms with van der Waals surface area (Å²) in [6.45, 7) is 3.06. The minimum absolute atomic E-state index is 0. The molecular formula is C14H20ClFN2O. The quantitative estimate of drug-likeness (QED) is 0.893. The van der Waals surface area contributed by atoms with E-state index in [4.69, 9.17) is 0 Å². The molecule has 19 heavy (non-hydrogen) atoms. The molecule has 1 saturated heterocycles. The third kappa shape index (κ3) is 4.48. The van der Waals surface area contributed by atoms with Crippen LogP contribution in [-0.4, -0.2) is 24.5 Å². The molecule has 1 heterocycles. The highest BCUT2D eigenvalue weighted by molar-refractivity contribution is 5.85. The molecule has 1 aromatic rings. The zero-order valence-corrected chi connectivity index (χ0v) is 11.8. The Labute approximate surface area is 119 Å². The summed E-state index contributed by atoms with van der Waals surface area (Å²) < 4.78 is 13.4. The van der Waals surface area contributed by atoms with Gasteiger partial charge in [0.05, 0.1) is 6.42 Å². The first-order valence-electron chi connectivity index (χ1n) is 6.43. The van der Waals surface area contributed by atoms with E-state index < -0.39 is 0 Å². The topological polar surface area (TPSA) is 41.1 Å². The molecule has 0 aliphatic carbocycles. The Hall–Kier alpha value is -1.13. The van der Waals surface area contributed by atoms with Crippen molar-refractivity contribution in [1.29, 1.82) is 0 Å². The minimum atomic E-state index is -0.317. The van der Waals surface area contributed by atoms with Crippen LogP contribution in [0, 0.1) is 5.82 Å². The van der Waals surface area contributed by atoms with Crippen LogP contribution in [0.2, 0.25) is 0 Å². The van der Waals surface area contributed by atoms with Crippen molar-refractivity contribution in [1.82, 2.24) is 10.6 Å². The first kappa shape index (κ1) is 15.9. The lowest BCUT2D eigenvalue weighted by Gasteiger charge is -2.30. The van der Waals surface area contributed by atoms with Crippen LogP contribution in [0.3, 0.4) is 0 Å². The van der Waals surface area contributed by atoms with Gasteiger partial charge in [0.25, 0.3) is 0 Å². The molecule has 2 rings (SSSR count). The fraction of sp³-hybridized carbons (Fsp3) is 0.500. The van der Waals surface area contributed by atoms with E-state index in [0.29, 0.717) is 5.56 Å². The lowest BCUT2D eigenvalue weighted by molar-refractivity contribution is -0.121. The summed E-state index contributed by atoms with van der Waals surface area (Å²) in [7, 11) is 0. The Morgan fingerprint density at radius 1 is 1.47 bits per heavy atom. The predicted octanol–water partition coefficient (Wildman–Crippen LogP) is 2.05. The first-order valence-corrected chi connectivity index (χ1v) is 6.43. The molecule has 2 unspecified atom stereocenters. The van der Waals surface area contributed by atoms with E-state index in [1.807, 2.05) is 0 Å². The SMILES string of the molecule is CC1NCCCC1NC(=O)Cc1ccccc1F.Cl. The molecule has 2 atom stereocenters. The number of hydrogen-bond acceptors (Lipinski definition) is 2. The number of halogens is 2. The number of nitrogens with one attached hydrogen (secondary N) is 2. The highest BCUT2D eigenvalue weighted by Crippen LogP contribution is 2.10. The predicted molar refractivity (Wildman–Crippen MR) is 76.0 cm³/mol. The molecule has 5 heteroatoms. The Balaban J connectivity index is 0.00000180. The van der Waals surface area contributed by atoms with Crippen LogP contribution in [0.5, 0.6) is 0 Å². The van der Waals surface area contributed by atoms with Gasteiger partial charge in [0.15, 0.2) is 0 Å². The molecule has 0 bridgehead atoms. The molecule has 0 spiro atoms. The van der Waals surface area contributed by atoms with Gasteiger partial charge < -0.3 is 10.6 Å². The largest absolute Gasteiger partial charge is 0.352 e. The van der Waals surface area contributed by atoms with Crippen molar-refractivity contribution in [3.05, 3.63) is 35.6 Å². The summed E-state index contributed by atoms with van der Waals surface area (Å²) >= 11 is 0. The van der Waals surface area contributed by atoms with E-state index >= 15 is 0 Å². The molecule has 1 fully saturated rings. The molecule has 0 aromatic heterocycles. The van der Waals surface area contributed by atoms with Crippen LogP contribution in [0.15, 0.2) is 24.3 Å². The van der Waals surface area contributed by atoms with Crippen molar-refractivity contribution >= 4 is 18.3 Å². The van der Waals surface area contributed by atoms with Crippen molar-refractivity contribution in [2.75, 3.05) is 6.54 Å². The van der Waals surface area contributed by atoms with Crippen molar-refractivity contribution in [2.24, 2.45) is 0 Å². The molecule has 106 valence electrons. The van der Waals surface area contributed by atoms with E-state index in [1.165, 1.54) is 6.07 Å². The normalized spacial score (nSPS) is 22.4. The molecule has 1 aliphatic heterocycles. The van der Waals surface area contributed by atoms with Gasteiger partial charge in [0.1, 0.15) is 5.82 Å². The van der Waals surface area contributed by atoms with Gasteiger partial charge in [-0.3, -0.25) is 4.79 Å². The van der Waals surface area contributed by atoms with E-state index in [0.717, 1.165) is 19.4 Å². The van der Waals surface area contributed by atoms with Gasteiger partial charge in [-0.15, -0.1) is 12.4 Å². The standard InChI is InChI=1S/C14H19FN2O.ClH/c1-10-13(7-4-8-16-10)17-14(18)9-11-5-2-3-6-12(11)15;/h2-3,5-6,10,13,16H,4,7-9H2,1H3,(H,17,18);1H. The first-order chi connectivity index (χ1) is 8.66. The van der Waals surface area contributed by atoms with Gasteiger partial charge in [0.2, 0.25) is 5.91 Å². The average Bonchev–Trinajstić information content (AvgIpc) is 2.35. The fourth-order valence-electron chi connectivity index (χ4n) is 2.31. The van der Waals surface area contributed by atoms with Crippen molar-refractivity contribution < 1.29 is 9.18 Å². The lowest BCUT2D eigenvalue weighted by atomic mass is 9.99. The van der Waals surface area contributed by atoms with E-state index in [1.54, 1.807) is 18.2 Å². The molecule has 0 radical (unpaired) electrons. The number of piperidine rings is 1. The number of benzene rings is 1. The second-order valence-corrected chi connectivity index (χ2v) is 4.83. The van der Waals surface area contributed by atoms with Gasteiger partial charge in [-0.1, -0.05) is 18.2 Å². The maximum atomic E-state index is 13.4. The van der Waals surface area contributed by atoms with Crippen molar-refractivity contribution in [3.63, 3.8) is 0 Å². The lowest BCUT2D eigenvalue weighted by Crippen LogP contribution is -2.52. The number of rotatable bonds is 3. The summed E-state index contributed by atoms with van der Waals surface area (Å²) in [5.41, 5.74) is 0.450. The second-order valence-electron chi connectivity index (χ2n) is 4.83. The summed E-state index contributed by atoms with van der Waals surface area (Å²) in [6, 6.07) is 6.84. The van der Waals surface area contributed by atoms with Gasteiger partial charge in [0, 0.05) is 12.1 Å². The average molecular weight is 287 g/mol. The van der Waals surface area contributed by atoms with Crippen LogP contribution in [-0.2, 0) is 11.2 Å². The highest BCUT2D eigenvalue weighted by atomic mass is 35.5. The van der Waals surface area contributed by atoms with Crippen LogP contribution in [0.4, 0.5) is 4.39 Å². The second kappa shape index (κ2) is 7.46. The number of amides is 1. The van der Waals surface area contributed by atoms with Gasteiger partial charge in [-0.05, 0) is 37.9 Å². The summed E-state index contributed by atoms with van der Waals surface area (Å²) in [4.78, 5) is 11.9. The van der Waals surface area contributed by atoms with E-state index in [2.05, 4.69) is 17.6 Å². The highest BCUT2D eigenvalue weighted by Gasteiger charge is 2.22. The Bertz CT molecular complexity index is 428. The van der Waals surface area contributed by atoms with Crippen LogP contribution in [0.25, 0.3) is 0 Å². The van der Waals surface area contributed by atoms with Crippen molar-refractivity contribution in [3.8, 4) is 0 Å². The monoisotopic (exact) mass is 286 g/mol. The number of hydrogen-bond donors (Lipinski definition) is 2. The molecule has 1 aromatic carbocycles. The van der Waals surface area contributed by atoms with Crippen LogP contribution in [0.1, 0.15) is 25.3 Å².